The van der Waals surface area contributed by atoms with Crippen molar-refractivity contribution in [2.24, 2.45) is 0 Å². The minimum absolute atomic E-state index is 0.195. The van der Waals surface area contributed by atoms with E-state index in [1.165, 1.54) is 5.56 Å². The second-order valence-corrected chi connectivity index (χ2v) is 6.78. The Bertz CT molecular complexity index is 721. The Balaban J connectivity index is 1.59. The van der Waals surface area contributed by atoms with Crippen molar-refractivity contribution in [2.45, 2.75) is 45.7 Å². The van der Waals surface area contributed by atoms with Gasteiger partial charge in [0.2, 0.25) is 0 Å². The van der Waals surface area contributed by atoms with E-state index in [0.29, 0.717) is 12.6 Å². The number of hydrogen-bond donors (Lipinski definition) is 1. The van der Waals surface area contributed by atoms with Crippen molar-refractivity contribution in [1.29, 1.82) is 0 Å². The number of benzene rings is 1. The molecule has 1 aromatic carbocycles. The molecule has 0 spiro atoms. The van der Waals surface area contributed by atoms with E-state index in [4.69, 9.17) is 4.74 Å². The first-order chi connectivity index (χ1) is 12.6. The summed E-state index contributed by atoms with van der Waals surface area (Å²) in [6.07, 6.45) is 3.64. The number of carbonyl (C=O) groups is 1. The molecule has 2 aromatic rings. The van der Waals surface area contributed by atoms with Crippen molar-refractivity contribution in [2.75, 3.05) is 19.7 Å². The van der Waals surface area contributed by atoms with Crippen LogP contribution in [0.5, 0.6) is 0 Å². The van der Waals surface area contributed by atoms with Crippen molar-refractivity contribution >= 4 is 6.09 Å². The van der Waals surface area contributed by atoms with Crippen LogP contribution in [0, 0.1) is 6.92 Å². The molecule has 1 saturated heterocycles. The van der Waals surface area contributed by atoms with Crippen molar-refractivity contribution in [3.05, 3.63) is 47.8 Å². The number of hydrogen-bond acceptors (Lipinski definition) is 4. The first kappa shape index (κ1) is 18.5. The summed E-state index contributed by atoms with van der Waals surface area (Å²) in [5, 5.41) is 8.26. The molecule has 26 heavy (non-hydrogen) atoms. The molecule has 1 aliphatic rings. The van der Waals surface area contributed by atoms with Crippen LogP contribution in [0.1, 0.15) is 44.0 Å². The number of piperidine rings is 1. The van der Waals surface area contributed by atoms with Gasteiger partial charge >= 0.3 is 6.09 Å². The van der Waals surface area contributed by atoms with Gasteiger partial charge in [-0.1, -0.05) is 18.2 Å². The van der Waals surface area contributed by atoms with Gasteiger partial charge in [0.05, 0.1) is 18.5 Å². The van der Waals surface area contributed by atoms with Crippen LogP contribution in [0.2, 0.25) is 0 Å². The number of nitrogens with one attached hydrogen (secondary N) is 1. The molecule has 6 nitrogen and oxygen atoms in total. The van der Waals surface area contributed by atoms with Crippen molar-refractivity contribution < 1.29 is 9.53 Å². The van der Waals surface area contributed by atoms with Crippen LogP contribution in [0.15, 0.2) is 36.5 Å². The minimum Gasteiger partial charge on any atom is -0.450 e. The normalized spacial score (nSPS) is 16.5. The molecule has 0 aliphatic carbocycles. The van der Waals surface area contributed by atoms with Crippen molar-refractivity contribution in [3.63, 3.8) is 0 Å². The topological polar surface area (TPSA) is 59.4 Å². The van der Waals surface area contributed by atoms with Crippen LogP contribution in [0.3, 0.4) is 0 Å². The molecule has 1 aromatic heterocycles. The van der Waals surface area contributed by atoms with Gasteiger partial charge in [0.15, 0.2) is 0 Å². The van der Waals surface area contributed by atoms with Gasteiger partial charge in [-0.15, -0.1) is 0 Å². The molecule has 2 heterocycles. The Morgan fingerprint density at radius 2 is 2.00 bits per heavy atom. The van der Waals surface area contributed by atoms with Gasteiger partial charge in [-0.05, 0) is 45.7 Å². The molecule has 140 valence electrons. The molecule has 0 radical (unpaired) electrons. The summed E-state index contributed by atoms with van der Waals surface area (Å²) in [6, 6.07) is 10.8. The summed E-state index contributed by atoms with van der Waals surface area (Å²) in [5.41, 5.74) is 3.44. The van der Waals surface area contributed by atoms with Crippen LogP contribution in [0.4, 0.5) is 4.79 Å². The fraction of sp³-hybridized carbons (Fsp3) is 0.500. The SMILES string of the molecule is CCOC(=O)N1CCC(N[C@H](C)c2cnn(-c3ccccc3)c2C)CC1. The number of carbonyl (C=O) groups excluding carboxylic acids is 1. The fourth-order valence-electron chi connectivity index (χ4n) is 3.56. The number of likely N-dealkylation sites (tertiary alicyclic amines) is 1. The summed E-state index contributed by atoms with van der Waals surface area (Å²) in [4.78, 5) is 13.6. The highest BCUT2D eigenvalue weighted by atomic mass is 16.6. The lowest BCUT2D eigenvalue weighted by Crippen LogP contribution is -2.45. The van der Waals surface area contributed by atoms with E-state index in [9.17, 15) is 4.79 Å². The predicted octanol–water partition coefficient (Wildman–Crippen LogP) is 3.45. The molecule has 0 saturated carbocycles. The second-order valence-electron chi connectivity index (χ2n) is 6.78. The highest BCUT2D eigenvalue weighted by Gasteiger charge is 2.25. The van der Waals surface area contributed by atoms with Crippen LogP contribution in [-0.2, 0) is 4.74 Å². The van der Waals surface area contributed by atoms with Gasteiger partial charge in [-0.2, -0.15) is 5.10 Å². The summed E-state index contributed by atoms with van der Waals surface area (Å²) < 4.78 is 7.07. The van der Waals surface area contributed by atoms with E-state index in [0.717, 1.165) is 37.3 Å². The lowest BCUT2D eigenvalue weighted by atomic mass is 10.0. The smallest absolute Gasteiger partial charge is 0.409 e. The van der Waals surface area contributed by atoms with Crippen LogP contribution < -0.4 is 5.32 Å². The standard InChI is InChI=1S/C20H28N4O2/c1-4-26-20(25)23-12-10-17(11-13-23)22-15(2)19-14-21-24(16(19)3)18-8-6-5-7-9-18/h5-9,14-15,17,22H,4,10-13H2,1-3H3/t15-/m1/s1. The molecule has 1 N–H and O–H groups in total. The predicted molar refractivity (Wildman–Crippen MR) is 101 cm³/mol. The quantitative estimate of drug-likeness (QED) is 0.891. The molecule has 0 unspecified atom stereocenters. The van der Waals surface area contributed by atoms with E-state index in [1.807, 2.05) is 36.0 Å². The summed E-state index contributed by atoms with van der Waals surface area (Å²) in [7, 11) is 0. The maximum atomic E-state index is 11.8. The van der Waals surface area contributed by atoms with Crippen LogP contribution in [0.25, 0.3) is 5.69 Å². The molecule has 1 atom stereocenters. The average Bonchev–Trinajstić information content (AvgIpc) is 3.05. The van der Waals surface area contributed by atoms with Crippen LogP contribution >= 0.6 is 0 Å². The molecular weight excluding hydrogens is 328 g/mol. The zero-order valence-corrected chi connectivity index (χ0v) is 15.8. The zero-order chi connectivity index (χ0) is 18.5. The third kappa shape index (κ3) is 4.07. The molecular formula is C20H28N4O2. The highest BCUT2D eigenvalue weighted by molar-refractivity contribution is 5.67. The lowest BCUT2D eigenvalue weighted by Gasteiger charge is -2.33. The number of nitrogens with zero attached hydrogens (tertiary/aromatic N) is 3. The van der Waals surface area contributed by atoms with Gasteiger partial charge in [0.1, 0.15) is 0 Å². The first-order valence-electron chi connectivity index (χ1n) is 9.37. The Kier molecular flexibility index (Phi) is 5.93. The number of aromatic nitrogens is 2. The van der Waals surface area contributed by atoms with E-state index in [-0.39, 0.29) is 12.1 Å². The van der Waals surface area contributed by atoms with E-state index < -0.39 is 0 Å². The van der Waals surface area contributed by atoms with Gasteiger partial charge in [-0.3, -0.25) is 0 Å². The molecule has 6 heteroatoms. The van der Waals surface area contributed by atoms with E-state index in [2.05, 4.69) is 36.4 Å². The third-order valence-electron chi connectivity index (χ3n) is 5.02. The molecule has 1 fully saturated rings. The third-order valence-corrected chi connectivity index (χ3v) is 5.02. The Morgan fingerprint density at radius 3 is 2.65 bits per heavy atom. The molecule has 1 aliphatic heterocycles. The number of rotatable bonds is 5. The Labute approximate surface area is 155 Å². The summed E-state index contributed by atoms with van der Waals surface area (Å²) >= 11 is 0. The lowest BCUT2D eigenvalue weighted by molar-refractivity contribution is 0.0943. The van der Waals surface area contributed by atoms with Gasteiger partial charge in [0.25, 0.3) is 0 Å². The van der Waals surface area contributed by atoms with Gasteiger partial charge in [0, 0.05) is 36.4 Å². The highest BCUT2D eigenvalue weighted by Crippen LogP contribution is 2.22. The molecule has 0 bridgehead atoms. The monoisotopic (exact) mass is 356 g/mol. The van der Waals surface area contributed by atoms with Crippen molar-refractivity contribution in [1.82, 2.24) is 20.0 Å². The van der Waals surface area contributed by atoms with Gasteiger partial charge < -0.3 is 15.0 Å². The fourth-order valence-corrected chi connectivity index (χ4v) is 3.56. The largest absolute Gasteiger partial charge is 0.450 e. The maximum absolute atomic E-state index is 11.8. The summed E-state index contributed by atoms with van der Waals surface area (Å²) in [5.74, 6) is 0. The van der Waals surface area contributed by atoms with E-state index >= 15 is 0 Å². The molecule has 3 rings (SSSR count). The van der Waals surface area contributed by atoms with Crippen LogP contribution in [-0.4, -0.2) is 46.5 Å². The maximum Gasteiger partial charge on any atom is 0.409 e. The zero-order valence-electron chi connectivity index (χ0n) is 15.8. The Hall–Kier alpha value is -2.34. The number of para-hydroxylation sites is 1. The summed E-state index contributed by atoms with van der Waals surface area (Å²) in [6.45, 7) is 8.04. The number of ether oxygens (including phenoxy) is 1. The average molecular weight is 356 g/mol. The first-order valence-corrected chi connectivity index (χ1v) is 9.37. The van der Waals surface area contributed by atoms with Gasteiger partial charge in [-0.25, -0.2) is 9.48 Å². The number of amides is 1. The molecule has 1 amide bonds. The Morgan fingerprint density at radius 1 is 1.31 bits per heavy atom. The van der Waals surface area contributed by atoms with E-state index in [1.54, 1.807) is 4.90 Å². The minimum atomic E-state index is -0.195. The second kappa shape index (κ2) is 8.36. The van der Waals surface area contributed by atoms with Crippen molar-refractivity contribution in [3.8, 4) is 5.69 Å².